The second-order valence-electron chi connectivity index (χ2n) is 4.14. The number of carbonyl (C=O) groups excluding carboxylic acids is 1. The molecule has 1 saturated heterocycles. The predicted molar refractivity (Wildman–Crippen MR) is 66.7 cm³/mol. The third-order valence-electron chi connectivity index (χ3n) is 2.43. The SMILES string of the molecule is CC(C)Sc1ccc(C2CNC(=O)N2)cc1. The van der Waals surface area contributed by atoms with Crippen molar-refractivity contribution in [2.75, 3.05) is 6.54 Å². The van der Waals surface area contributed by atoms with Crippen LogP contribution in [0.1, 0.15) is 25.5 Å². The van der Waals surface area contributed by atoms with Crippen molar-refractivity contribution in [2.45, 2.75) is 30.0 Å². The topological polar surface area (TPSA) is 41.1 Å². The molecule has 0 spiro atoms. The summed E-state index contributed by atoms with van der Waals surface area (Å²) in [4.78, 5) is 12.3. The van der Waals surface area contributed by atoms with Gasteiger partial charge >= 0.3 is 6.03 Å². The summed E-state index contributed by atoms with van der Waals surface area (Å²) in [5, 5.41) is 6.23. The second-order valence-corrected chi connectivity index (χ2v) is 5.79. The van der Waals surface area contributed by atoms with Crippen LogP contribution in [-0.2, 0) is 0 Å². The fraction of sp³-hybridized carbons (Fsp3) is 0.417. The first-order valence-electron chi connectivity index (χ1n) is 5.46. The fourth-order valence-electron chi connectivity index (χ4n) is 1.71. The van der Waals surface area contributed by atoms with Crippen LogP contribution < -0.4 is 10.6 Å². The average Bonchev–Trinajstić information content (AvgIpc) is 2.65. The van der Waals surface area contributed by atoms with Crippen molar-refractivity contribution in [1.29, 1.82) is 0 Å². The molecule has 1 fully saturated rings. The highest BCUT2D eigenvalue weighted by Gasteiger charge is 2.20. The number of carbonyl (C=O) groups is 1. The van der Waals surface area contributed by atoms with Gasteiger partial charge in [0.2, 0.25) is 0 Å². The van der Waals surface area contributed by atoms with Crippen LogP contribution in [0.4, 0.5) is 4.79 Å². The highest BCUT2D eigenvalue weighted by molar-refractivity contribution is 7.99. The molecule has 1 aromatic carbocycles. The zero-order valence-electron chi connectivity index (χ0n) is 9.49. The van der Waals surface area contributed by atoms with Crippen LogP contribution in [0, 0.1) is 0 Å². The van der Waals surface area contributed by atoms with Crippen molar-refractivity contribution in [3.8, 4) is 0 Å². The Morgan fingerprint density at radius 3 is 2.50 bits per heavy atom. The van der Waals surface area contributed by atoms with E-state index in [-0.39, 0.29) is 12.1 Å². The van der Waals surface area contributed by atoms with E-state index in [0.717, 1.165) is 5.56 Å². The molecule has 3 nitrogen and oxygen atoms in total. The molecule has 0 aliphatic carbocycles. The summed E-state index contributed by atoms with van der Waals surface area (Å²) in [6, 6.07) is 8.44. The molecule has 0 radical (unpaired) electrons. The third kappa shape index (κ3) is 2.70. The standard InChI is InChI=1S/C12H16N2OS/c1-8(2)16-10-5-3-9(4-6-10)11-7-13-12(15)14-11/h3-6,8,11H,7H2,1-2H3,(H2,13,14,15). The van der Waals surface area contributed by atoms with Gasteiger partial charge in [0.25, 0.3) is 0 Å². The molecule has 1 unspecified atom stereocenters. The lowest BCUT2D eigenvalue weighted by molar-refractivity contribution is 0.247. The van der Waals surface area contributed by atoms with Crippen LogP contribution in [0.15, 0.2) is 29.2 Å². The van der Waals surface area contributed by atoms with E-state index >= 15 is 0 Å². The molecular formula is C12H16N2OS. The van der Waals surface area contributed by atoms with Gasteiger partial charge in [0.1, 0.15) is 0 Å². The molecule has 86 valence electrons. The first-order chi connectivity index (χ1) is 7.65. The van der Waals surface area contributed by atoms with Crippen molar-refractivity contribution in [1.82, 2.24) is 10.6 Å². The quantitative estimate of drug-likeness (QED) is 0.792. The summed E-state index contributed by atoms with van der Waals surface area (Å²) in [7, 11) is 0. The Bertz CT molecular complexity index is 375. The van der Waals surface area contributed by atoms with Crippen LogP contribution in [0.25, 0.3) is 0 Å². The Labute approximate surface area is 100.0 Å². The van der Waals surface area contributed by atoms with Gasteiger partial charge in [-0.25, -0.2) is 4.79 Å². The van der Waals surface area contributed by atoms with Crippen molar-refractivity contribution in [3.63, 3.8) is 0 Å². The normalized spacial score (nSPS) is 19.7. The van der Waals surface area contributed by atoms with Crippen molar-refractivity contribution in [3.05, 3.63) is 29.8 Å². The number of hydrogen-bond donors (Lipinski definition) is 2. The minimum Gasteiger partial charge on any atom is -0.336 e. The number of nitrogens with one attached hydrogen (secondary N) is 2. The fourth-order valence-corrected chi connectivity index (χ4v) is 2.54. The molecule has 2 N–H and O–H groups in total. The molecule has 4 heteroatoms. The van der Waals surface area contributed by atoms with E-state index in [9.17, 15) is 4.79 Å². The number of amides is 2. The van der Waals surface area contributed by atoms with E-state index in [1.165, 1.54) is 4.90 Å². The van der Waals surface area contributed by atoms with Crippen LogP contribution in [0.2, 0.25) is 0 Å². The summed E-state index contributed by atoms with van der Waals surface area (Å²) < 4.78 is 0. The van der Waals surface area contributed by atoms with Crippen LogP contribution in [-0.4, -0.2) is 17.8 Å². The molecule has 1 aliphatic heterocycles. The van der Waals surface area contributed by atoms with Crippen LogP contribution >= 0.6 is 11.8 Å². The van der Waals surface area contributed by atoms with Crippen LogP contribution in [0.3, 0.4) is 0 Å². The molecule has 1 aromatic rings. The van der Waals surface area contributed by atoms with E-state index in [1.807, 2.05) is 11.8 Å². The molecule has 2 amide bonds. The minimum atomic E-state index is -0.0781. The molecule has 1 heterocycles. The second kappa shape index (κ2) is 4.78. The van der Waals surface area contributed by atoms with Crippen molar-refractivity contribution in [2.24, 2.45) is 0 Å². The summed E-state index contributed by atoms with van der Waals surface area (Å²) in [6.45, 7) is 5.04. The molecule has 0 saturated carbocycles. The van der Waals surface area contributed by atoms with Crippen LogP contribution in [0.5, 0.6) is 0 Å². The highest BCUT2D eigenvalue weighted by Crippen LogP contribution is 2.25. The molecule has 0 aromatic heterocycles. The largest absolute Gasteiger partial charge is 0.336 e. The van der Waals surface area contributed by atoms with Gasteiger partial charge in [-0.2, -0.15) is 0 Å². The van der Waals surface area contributed by atoms with E-state index in [2.05, 4.69) is 48.7 Å². The Kier molecular flexibility index (Phi) is 3.39. The number of rotatable bonds is 3. The Morgan fingerprint density at radius 2 is 2.00 bits per heavy atom. The number of thioether (sulfide) groups is 1. The summed E-state index contributed by atoms with van der Waals surface area (Å²) >= 11 is 1.85. The first kappa shape index (κ1) is 11.3. The van der Waals surface area contributed by atoms with Gasteiger partial charge in [-0.3, -0.25) is 0 Å². The zero-order chi connectivity index (χ0) is 11.5. The number of benzene rings is 1. The van der Waals surface area contributed by atoms with Gasteiger partial charge in [-0.1, -0.05) is 26.0 Å². The van der Waals surface area contributed by atoms with Crippen molar-refractivity contribution >= 4 is 17.8 Å². The third-order valence-corrected chi connectivity index (χ3v) is 3.44. The molecule has 16 heavy (non-hydrogen) atoms. The van der Waals surface area contributed by atoms with Gasteiger partial charge in [0, 0.05) is 16.7 Å². The lowest BCUT2D eigenvalue weighted by Gasteiger charge is -2.10. The lowest BCUT2D eigenvalue weighted by Crippen LogP contribution is -2.21. The molecule has 1 atom stereocenters. The Hall–Kier alpha value is -1.16. The van der Waals surface area contributed by atoms with Gasteiger partial charge in [0.15, 0.2) is 0 Å². The molecule has 1 aliphatic rings. The lowest BCUT2D eigenvalue weighted by atomic mass is 10.1. The first-order valence-corrected chi connectivity index (χ1v) is 6.34. The van der Waals surface area contributed by atoms with E-state index in [0.29, 0.717) is 11.8 Å². The summed E-state index contributed by atoms with van der Waals surface area (Å²) in [5.74, 6) is 0. The van der Waals surface area contributed by atoms with E-state index < -0.39 is 0 Å². The minimum absolute atomic E-state index is 0.0781. The highest BCUT2D eigenvalue weighted by atomic mass is 32.2. The van der Waals surface area contributed by atoms with E-state index in [1.54, 1.807) is 0 Å². The van der Waals surface area contributed by atoms with Gasteiger partial charge < -0.3 is 10.6 Å². The maximum atomic E-state index is 11.0. The van der Waals surface area contributed by atoms with E-state index in [4.69, 9.17) is 0 Å². The Morgan fingerprint density at radius 1 is 1.31 bits per heavy atom. The molecule has 2 rings (SSSR count). The Balaban J connectivity index is 2.04. The summed E-state index contributed by atoms with van der Waals surface area (Å²) in [6.07, 6.45) is 0. The van der Waals surface area contributed by atoms with Crippen molar-refractivity contribution < 1.29 is 4.79 Å². The average molecular weight is 236 g/mol. The maximum Gasteiger partial charge on any atom is 0.315 e. The zero-order valence-corrected chi connectivity index (χ0v) is 10.3. The summed E-state index contributed by atoms with van der Waals surface area (Å²) in [5.41, 5.74) is 1.16. The predicted octanol–water partition coefficient (Wildman–Crippen LogP) is 2.54. The molecular weight excluding hydrogens is 220 g/mol. The van der Waals surface area contributed by atoms with Gasteiger partial charge in [-0.05, 0) is 17.7 Å². The molecule has 0 bridgehead atoms. The number of urea groups is 1. The number of hydrogen-bond acceptors (Lipinski definition) is 2. The monoisotopic (exact) mass is 236 g/mol. The van der Waals surface area contributed by atoms with Gasteiger partial charge in [0.05, 0.1) is 6.04 Å². The van der Waals surface area contributed by atoms with Gasteiger partial charge in [-0.15, -0.1) is 11.8 Å². The maximum absolute atomic E-state index is 11.0. The smallest absolute Gasteiger partial charge is 0.315 e.